The van der Waals surface area contributed by atoms with E-state index in [-0.39, 0.29) is 5.91 Å². The maximum atomic E-state index is 13.6. The first-order valence-corrected chi connectivity index (χ1v) is 12.2. The van der Waals surface area contributed by atoms with Crippen molar-refractivity contribution in [2.45, 2.75) is 19.5 Å². The van der Waals surface area contributed by atoms with Crippen molar-refractivity contribution in [3.63, 3.8) is 0 Å². The lowest BCUT2D eigenvalue weighted by atomic mass is 10.1. The maximum absolute atomic E-state index is 13.6. The Kier molecular flexibility index (Phi) is 6.74. The summed E-state index contributed by atoms with van der Waals surface area (Å²) in [6.07, 6.45) is 3.13. The molecule has 5 rings (SSSR count). The predicted molar refractivity (Wildman–Crippen MR) is 141 cm³/mol. The Morgan fingerprint density at radius 3 is 2.73 bits per heavy atom. The molecule has 10 heteroatoms. The van der Waals surface area contributed by atoms with Gasteiger partial charge in [0.05, 0.1) is 35.4 Å². The van der Waals surface area contributed by atoms with Crippen LogP contribution in [-0.4, -0.2) is 20.9 Å². The van der Waals surface area contributed by atoms with Gasteiger partial charge in [-0.15, -0.1) is 11.3 Å². The molecule has 1 unspecified atom stereocenters. The highest BCUT2D eigenvalue weighted by molar-refractivity contribution is 7.15. The first kappa shape index (κ1) is 24.3. The van der Waals surface area contributed by atoms with Crippen LogP contribution < -0.4 is 16.4 Å². The third-order valence-corrected chi connectivity index (χ3v) is 6.92. The summed E-state index contributed by atoms with van der Waals surface area (Å²) in [4.78, 5) is 28.0. The Morgan fingerprint density at radius 1 is 1.03 bits per heavy atom. The zero-order chi connectivity index (χ0) is 25.9. The number of fused-ring (bicyclic) bond motifs is 1. The number of amides is 1. The minimum absolute atomic E-state index is 0.347. The number of pyridine rings is 1. The first-order chi connectivity index (χ1) is 17.9. The summed E-state index contributed by atoms with van der Waals surface area (Å²) >= 11 is 1.61. The van der Waals surface area contributed by atoms with Gasteiger partial charge in [0.2, 0.25) is 0 Å². The Balaban J connectivity index is 1.28. The van der Waals surface area contributed by atoms with Gasteiger partial charge in [0.1, 0.15) is 11.6 Å². The fraction of sp³-hybridized carbons (Fsp3) is 0.111. The van der Waals surface area contributed by atoms with E-state index in [1.807, 2.05) is 30.3 Å². The molecular weight excluding hydrogens is 494 g/mol. The summed E-state index contributed by atoms with van der Waals surface area (Å²) in [7, 11) is 0. The average molecular weight is 517 g/mol. The monoisotopic (exact) mass is 516 g/mol. The van der Waals surface area contributed by atoms with Crippen molar-refractivity contribution in [2.24, 2.45) is 0 Å². The van der Waals surface area contributed by atoms with Crippen molar-refractivity contribution < 1.29 is 13.6 Å². The van der Waals surface area contributed by atoms with E-state index in [1.165, 1.54) is 12.3 Å². The molecule has 186 valence electrons. The molecule has 0 aliphatic heterocycles. The molecular formula is C27H22F2N6OS. The molecule has 0 saturated heterocycles. The molecule has 1 amide bonds. The number of hydrogen-bond acceptors (Lipinski definition) is 7. The molecule has 0 saturated carbocycles. The predicted octanol–water partition coefficient (Wildman–Crippen LogP) is 5.72. The lowest BCUT2D eigenvalue weighted by Gasteiger charge is -2.16. The van der Waals surface area contributed by atoms with Gasteiger partial charge in [-0.2, -0.15) is 0 Å². The van der Waals surface area contributed by atoms with Gasteiger partial charge in [0, 0.05) is 16.0 Å². The van der Waals surface area contributed by atoms with Crippen LogP contribution in [0.1, 0.15) is 33.8 Å². The number of carbonyl (C=O) groups excluding carboxylic acids is 1. The highest BCUT2D eigenvalue weighted by Crippen LogP contribution is 2.30. The topological polar surface area (TPSA) is 106 Å². The van der Waals surface area contributed by atoms with Crippen LogP contribution in [-0.2, 0) is 6.54 Å². The fourth-order valence-corrected chi connectivity index (χ4v) is 4.79. The second-order valence-corrected chi connectivity index (χ2v) is 9.55. The number of anilines is 2. The van der Waals surface area contributed by atoms with E-state index < -0.39 is 17.7 Å². The number of aromatic nitrogens is 3. The van der Waals surface area contributed by atoms with E-state index in [2.05, 4.69) is 25.6 Å². The third-order valence-electron chi connectivity index (χ3n) is 5.78. The summed E-state index contributed by atoms with van der Waals surface area (Å²) in [6, 6.07) is 16.3. The molecule has 0 aliphatic carbocycles. The molecule has 0 aliphatic rings. The van der Waals surface area contributed by atoms with Crippen molar-refractivity contribution in [2.75, 3.05) is 11.1 Å². The van der Waals surface area contributed by atoms with Gasteiger partial charge in [-0.05, 0) is 66.6 Å². The molecule has 1 atom stereocenters. The molecule has 2 aromatic carbocycles. The summed E-state index contributed by atoms with van der Waals surface area (Å²) in [5, 5.41) is 6.05. The molecule has 3 heterocycles. The number of hydrogen-bond donors (Lipinski definition) is 3. The van der Waals surface area contributed by atoms with Gasteiger partial charge in [-0.25, -0.2) is 18.7 Å². The molecule has 3 aromatic heterocycles. The van der Waals surface area contributed by atoms with E-state index in [9.17, 15) is 13.6 Å². The molecule has 4 N–H and O–H groups in total. The first-order valence-electron chi connectivity index (χ1n) is 11.4. The standard InChI is InChI=1S/C27H22F2N6OS/c1-15(16-4-7-20(28)21(29)11-16)34-27(36)19-3-2-10-31-26(19)33-13-18-6-9-24(37-18)17-5-8-22-23(12-17)35-25(30)14-32-22/h2-12,14-15H,13H2,1H3,(H2,30,35)(H,31,33)(H,34,36). The van der Waals surface area contributed by atoms with E-state index in [0.717, 1.165) is 38.5 Å². The van der Waals surface area contributed by atoms with Crippen LogP contribution in [0.2, 0.25) is 0 Å². The molecule has 0 radical (unpaired) electrons. The number of nitrogens with zero attached hydrogens (tertiary/aromatic N) is 3. The molecule has 0 bridgehead atoms. The Hall–Kier alpha value is -4.44. The highest BCUT2D eigenvalue weighted by Gasteiger charge is 2.17. The SMILES string of the molecule is CC(NC(=O)c1cccnc1NCc1ccc(-c2ccc3ncc(N)nc3c2)s1)c1ccc(F)c(F)c1. The largest absolute Gasteiger partial charge is 0.382 e. The van der Waals surface area contributed by atoms with Crippen LogP contribution in [0.4, 0.5) is 20.4 Å². The van der Waals surface area contributed by atoms with Crippen LogP contribution in [0.15, 0.2) is 73.1 Å². The lowest BCUT2D eigenvalue weighted by molar-refractivity contribution is 0.0940. The fourth-order valence-electron chi connectivity index (χ4n) is 3.85. The number of nitrogens with one attached hydrogen (secondary N) is 2. The van der Waals surface area contributed by atoms with Gasteiger partial charge < -0.3 is 16.4 Å². The Labute approximate surface area is 215 Å². The van der Waals surface area contributed by atoms with Crippen LogP contribution >= 0.6 is 11.3 Å². The summed E-state index contributed by atoms with van der Waals surface area (Å²) in [5.41, 5.74) is 9.08. The van der Waals surface area contributed by atoms with Crippen LogP contribution in [0.3, 0.4) is 0 Å². The van der Waals surface area contributed by atoms with Gasteiger partial charge in [0.15, 0.2) is 11.6 Å². The normalized spacial score (nSPS) is 11.9. The van der Waals surface area contributed by atoms with Gasteiger partial charge in [-0.3, -0.25) is 9.78 Å². The van der Waals surface area contributed by atoms with Crippen LogP contribution in [0.5, 0.6) is 0 Å². The molecule has 5 aromatic rings. The van der Waals surface area contributed by atoms with E-state index in [1.54, 1.807) is 36.6 Å². The number of carbonyl (C=O) groups is 1. The quantitative estimate of drug-likeness (QED) is 0.256. The van der Waals surface area contributed by atoms with Gasteiger partial charge >= 0.3 is 0 Å². The smallest absolute Gasteiger partial charge is 0.255 e. The Bertz CT molecular complexity index is 1610. The molecule has 0 spiro atoms. The third kappa shape index (κ3) is 5.39. The Morgan fingerprint density at radius 2 is 1.89 bits per heavy atom. The number of thiophene rings is 1. The highest BCUT2D eigenvalue weighted by atomic mass is 32.1. The number of rotatable bonds is 7. The summed E-state index contributed by atoms with van der Waals surface area (Å²) < 4.78 is 26.9. The van der Waals surface area contributed by atoms with Crippen LogP contribution in [0.25, 0.3) is 21.5 Å². The number of halogens is 2. The molecule has 37 heavy (non-hydrogen) atoms. The lowest BCUT2D eigenvalue weighted by Crippen LogP contribution is -2.27. The van der Waals surface area contributed by atoms with Crippen molar-refractivity contribution >= 4 is 39.9 Å². The van der Waals surface area contributed by atoms with E-state index in [4.69, 9.17) is 5.73 Å². The minimum Gasteiger partial charge on any atom is -0.382 e. The zero-order valence-electron chi connectivity index (χ0n) is 19.7. The second kappa shape index (κ2) is 10.3. The van der Waals surface area contributed by atoms with E-state index >= 15 is 0 Å². The maximum Gasteiger partial charge on any atom is 0.255 e. The van der Waals surface area contributed by atoms with Crippen molar-refractivity contribution in [1.29, 1.82) is 0 Å². The summed E-state index contributed by atoms with van der Waals surface area (Å²) in [6.45, 7) is 2.16. The number of benzene rings is 2. The summed E-state index contributed by atoms with van der Waals surface area (Å²) in [5.74, 6) is -1.48. The van der Waals surface area contributed by atoms with Gasteiger partial charge in [-0.1, -0.05) is 12.1 Å². The minimum atomic E-state index is -0.960. The second-order valence-electron chi connectivity index (χ2n) is 8.39. The molecule has 0 fully saturated rings. The molecule has 7 nitrogen and oxygen atoms in total. The van der Waals surface area contributed by atoms with Crippen molar-refractivity contribution in [3.8, 4) is 10.4 Å². The number of nitrogens with two attached hydrogens (primary N) is 1. The van der Waals surface area contributed by atoms with Gasteiger partial charge in [0.25, 0.3) is 5.91 Å². The zero-order valence-corrected chi connectivity index (χ0v) is 20.5. The van der Waals surface area contributed by atoms with Crippen molar-refractivity contribution in [3.05, 3.63) is 101 Å². The average Bonchev–Trinajstić information content (AvgIpc) is 3.38. The van der Waals surface area contributed by atoms with Crippen molar-refractivity contribution in [1.82, 2.24) is 20.3 Å². The number of nitrogen functional groups attached to an aromatic ring is 1. The van der Waals surface area contributed by atoms with Crippen LogP contribution in [0, 0.1) is 11.6 Å². The van der Waals surface area contributed by atoms with E-state index in [0.29, 0.717) is 29.3 Å².